The van der Waals surface area contributed by atoms with Crippen molar-refractivity contribution in [3.63, 3.8) is 0 Å². The van der Waals surface area contributed by atoms with Crippen molar-refractivity contribution in [2.24, 2.45) is 0 Å². The van der Waals surface area contributed by atoms with Crippen LogP contribution in [0, 0.1) is 0 Å². The Morgan fingerprint density at radius 2 is 1.96 bits per heavy atom. The third-order valence-electron chi connectivity index (χ3n) is 4.36. The highest BCUT2D eigenvalue weighted by molar-refractivity contribution is 9.10. The van der Waals surface area contributed by atoms with Gasteiger partial charge in [-0.25, -0.2) is 0 Å². The minimum atomic E-state index is -0.0329. The van der Waals surface area contributed by atoms with Crippen LogP contribution in [0.15, 0.2) is 22.7 Å². The van der Waals surface area contributed by atoms with Crippen LogP contribution < -0.4 is 15.4 Å². The first-order valence-electron chi connectivity index (χ1n) is 8.04. The van der Waals surface area contributed by atoms with Crippen LogP contribution in [0.25, 0.3) is 0 Å². The van der Waals surface area contributed by atoms with Crippen LogP contribution in [0.2, 0.25) is 0 Å². The number of halogens is 2. The summed E-state index contributed by atoms with van der Waals surface area (Å²) in [5.41, 5.74) is 0.614. The van der Waals surface area contributed by atoms with Crippen LogP contribution in [-0.2, 0) is 0 Å². The zero-order valence-corrected chi connectivity index (χ0v) is 15.9. The van der Waals surface area contributed by atoms with Crippen LogP contribution in [0.1, 0.15) is 49.9 Å². The molecular formula is C17H24BrClN2O2. The van der Waals surface area contributed by atoms with Gasteiger partial charge in [-0.3, -0.25) is 4.79 Å². The van der Waals surface area contributed by atoms with E-state index in [2.05, 4.69) is 26.6 Å². The molecule has 2 bridgehead atoms. The number of fused-ring (bicyclic) bond motifs is 2. The maximum atomic E-state index is 12.6. The molecule has 4 nitrogen and oxygen atoms in total. The molecule has 2 heterocycles. The monoisotopic (exact) mass is 402 g/mol. The lowest BCUT2D eigenvalue weighted by Crippen LogP contribution is -2.48. The van der Waals surface area contributed by atoms with Crippen molar-refractivity contribution in [1.82, 2.24) is 10.6 Å². The predicted octanol–water partition coefficient (Wildman–Crippen LogP) is 3.67. The smallest absolute Gasteiger partial charge is 0.255 e. The normalized spacial score (nSPS) is 25.8. The van der Waals surface area contributed by atoms with Crippen molar-refractivity contribution in [2.75, 3.05) is 0 Å². The van der Waals surface area contributed by atoms with E-state index in [-0.39, 0.29) is 30.5 Å². The number of carbonyl (C=O) groups excluding carboxylic acids is 1. The Labute approximate surface area is 152 Å². The number of hydrogen-bond acceptors (Lipinski definition) is 3. The fourth-order valence-corrected chi connectivity index (χ4v) is 3.81. The van der Waals surface area contributed by atoms with E-state index < -0.39 is 0 Å². The van der Waals surface area contributed by atoms with E-state index in [9.17, 15) is 4.79 Å². The molecule has 3 rings (SSSR count). The van der Waals surface area contributed by atoms with Gasteiger partial charge in [0, 0.05) is 22.6 Å². The number of carbonyl (C=O) groups is 1. The van der Waals surface area contributed by atoms with Gasteiger partial charge in [0.2, 0.25) is 0 Å². The molecule has 2 fully saturated rings. The molecule has 0 aromatic heterocycles. The quantitative estimate of drug-likeness (QED) is 0.806. The Hall–Kier alpha value is -0.780. The molecule has 0 spiro atoms. The molecule has 2 saturated heterocycles. The van der Waals surface area contributed by atoms with Gasteiger partial charge in [0.1, 0.15) is 5.75 Å². The fraction of sp³-hybridized carbons (Fsp3) is 0.588. The number of ether oxygens (including phenoxy) is 1. The van der Waals surface area contributed by atoms with Gasteiger partial charge in [-0.2, -0.15) is 0 Å². The number of hydrogen-bond donors (Lipinski definition) is 2. The largest absolute Gasteiger partial charge is 0.490 e. The number of piperidine rings is 1. The second kappa shape index (κ2) is 7.86. The second-order valence-electron chi connectivity index (χ2n) is 6.59. The van der Waals surface area contributed by atoms with Gasteiger partial charge in [0.15, 0.2) is 0 Å². The molecular weight excluding hydrogens is 380 g/mol. The highest BCUT2D eigenvalue weighted by atomic mass is 79.9. The average molecular weight is 404 g/mol. The summed E-state index contributed by atoms with van der Waals surface area (Å²) in [6, 6.07) is 6.98. The molecule has 2 atom stereocenters. The van der Waals surface area contributed by atoms with Gasteiger partial charge in [-0.1, -0.05) is 15.9 Å². The van der Waals surface area contributed by atoms with Crippen LogP contribution >= 0.6 is 28.3 Å². The summed E-state index contributed by atoms with van der Waals surface area (Å²) in [5, 5.41) is 6.79. The van der Waals surface area contributed by atoms with Gasteiger partial charge >= 0.3 is 0 Å². The summed E-state index contributed by atoms with van der Waals surface area (Å²) in [5.74, 6) is 0.605. The lowest BCUT2D eigenvalue weighted by Gasteiger charge is -2.30. The van der Waals surface area contributed by atoms with Crippen LogP contribution in [0.5, 0.6) is 5.75 Å². The van der Waals surface area contributed by atoms with Crippen LogP contribution in [0.4, 0.5) is 0 Å². The molecule has 128 valence electrons. The van der Waals surface area contributed by atoms with E-state index >= 15 is 0 Å². The molecule has 2 aliphatic rings. The number of nitrogens with one attached hydrogen (secondary N) is 2. The molecule has 0 saturated carbocycles. The van der Waals surface area contributed by atoms with Crippen molar-refractivity contribution < 1.29 is 9.53 Å². The molecule has 0 aliphatic carbocycles. The van der Waals surface area contributed by atoms with Crippen molar-refractivity contribution in [3.8, 4) is 5.75 Å². The molecule has 0 radical (unpaired) electrons. The molecule has 1 aromatic rings. The molecule has 2 aliphatic heterocycles. The van der Waals surface area contributed by atoms with E-state index in [0.29, 0.717) is 23.4 Å². The number of rotatable bonds is 4. The van der Waals surface area contributed by atoms with E-state index in [0.717, 1.165) is 17.3 Å². The third-order valence-corrected chi connectivity index (χ3v) is 4.85. The van der Waals surface area contributed by atoms with Gasteiger partial charge in [0.05, 0.1) is 11.7 Å². The third kappa shape index (κ3) is 4.61. The summed E-state index contributed by atoms with van der Waals surface area (Å²) in [7, 11) is 0. The number of amides is 1. The minimum absolute atomic E-state index is 0. The first kappa shape index (κ1) is 18.6. The van der Waals surface area contributed by atoms with E-state index in [4.69, 9.17) is 4.74 Å². The predicted molar refractivity (Wildman–Crippen MR) is 97.6 cm³/mol. The van der Waals surface area contributed by atoms with Gasteiger partial charge in [0.25, 0.3) is 5.91 Å². The summed E-state index contributed by atoms with van der Waals surface area (Å²) in [4.78, 5) is 12.6. The average Bonchev–Trinajstić information content (AvgIpc) is 2.77. The lowest BCUT2D eigenvalue weighted by atomic mass is 9.99. The molecule has 1 aromatic carbocycles. The van der Waals surface area contributed by atoms with Crippen molar-refractivity contribution in [2.45, 2.75) is 63.8 Å². The zero-order chi connectivity index (χ0) is 15.7. The van der Waals surface area contributed by atoms with Crippen LogP contribution in [0.3, 0.4) is 0 Å². The van der Waals surface area contributed by atoms with Crippen molar-refractivity contribution >= 4 is 34.2 Å². The van der Waals surface area contributed by atoms with Crippen LogP contribution in [-0.4, -0.2) is 30.1 Å². The molecule has 2 N–H and O–H groups in total. The molecule has 23 heavy (non-hydrogen) atoms. The SMILES string of the molecule is CC(C)Oc1cc(Br)ccc1C(=O)NC1CC2CCC(C1)N2.Cl. The highest BCUT2D eigenvalue weighted by Gasteiger charge is 2.34. The summed E-state index contributed by atoms with van der Waals surface area (Å²) in [6.45, 7) is 3.93. The Balaban J connectivity index is 0.00000192. The summed E-state index contributed by atoms with van der Waals surface area (Å²) in [6.07, 6.45) is 4.56. The van der Waals surface area contributed by atoms with Crippen molar-refractivity contribution in [3.05, 3.63) is 28.2 Å². The van der Waals surface area contributed by atoms with Gasteiger partial charge in [-0.15, -0.1) is 12.4 Å². The topological polar surface area (TPSA) is 50.4 Å². The molecule has 2 unspecified atom stereocenters. The standard InChI is InChI=1S/C17H23BrN2O2.ClH/c1-10(2)22-16-7-11(18)3-6-15(16)17(21)20-14-8-12-4-5-13(9-14)19-12;/h3,6-7,10,12-14,19H,4-5,8-9H2,1-2H3,(H,20,21);1H. The molecule has 1 amide bonds. The van der Waals surface area contributed by atoms with Crippen molar-refractivity contribution in [1.29, 1.82) is 0 Å². The van der Waals surface area contributed by atoms with Gasteiger partial charge < -0.3 is 15.4 Å². The Kier molecular flexibility index (Phi) is 6.34. The first-order chi connectivity index (χ1) is 10.5. The molecule has 6 heteroatoms. The minimum Gasteiger partial charge on any atom is -0.490 e. The zero-order valence-electron chi connectivity index (χ0n) is 13.5. The van der Waals surface area contributed by atoms with E-state index in [1.165, 1.54) is 12.8 Å². The maximum Gasteiger partial charge on any atom is 0.255 e. The highest BCUT2D eigenvalue weighted by Crippen LogP contribution is 2.28. The van der Waals surface area contributed by atoms with E-state index in [1.807, 2.05) is 32.0 Å². The fourth-order valence-electron chi connectivity index (χ4n) is 3.47. The number of benzene rings is 1. The summed E-state index contributed by atoms with van der Waals surface area (Å²) >= 11 is 3.44. The summed E-state index contributed by atoms with van der Waals surface area (Å²) < 4.78 is 6.70. The van der Waals surface area contributed by atoms with Gasteiger partial charge in [-0.05, 0) is 57.7 Å². The first-order valence-corrected chi connectivity index (χ1v) is 8.83. The Morgan fingerprint density at radius 3 is 2.57 bits per heavy atom. The van der Waals surface area contributed by atoms with E-state index in [1.54, 1.807) is 0 Å². The lowest BCUT2D eigenvalue weighted by molar-refractivity contribution is 0.0918. The Morgan fingerprint density at radius 1 is 1.30 bits per heavy atom. The second-order valence-corrected chi connectivity index (χ2v) is 7.50. The Bertz CT molecular complexity index is 556. The maximum absolute atomic E-state index is 12.6.